The zero-order valence-electron chi connectivity index (χ0n) is 11.1. The quantitative estimate of drug-likeness (QED) is 0.577. The average Bonchev–Trinajstić information content (AvgIpc) is 2.40. The second-order valence-electron chi connectivity index (χ2n) is 5.09. The van der Waals surface area contributed by atoms with Crippen molar-refractivity contribution in [1.82, 2.24) is 0 Å². The largest absolute Gasteiger partial charge is 0.487 e. The number of alkyl halides is 1. The van der Waals surface area contributed by atoms with Crippen molar-refractivity contribution in [2.45, 2.75) is 38.7 Å². The van der Waals surface area contributed by atoms with Crippen LogP contribution in [0.2, 0.25) is 0 Å². The van der Waals surface area contributed by atoms with E-state index in [2.05, 4.69) is 18.8 Å². The molecular formula is C16H18ClFO. The van der Waals surface area contributed by atoms with E-state index in [9.17, 15) is 4.39 Å². The maximum absolute atomic E-state index is 13.7. The van der Waals surface area contributed by atoms with Gasteiger partial charge < -0.3 is 4.74 Å². The van der Waals surface area contributed by atoms with Crippen LogP contribution >= 0.6 is 11.6 Å². The first-order chi connectivity index (χ1) is 9.19. The summed E-state index contributed by atoms with van der Waals surface area (Å²) >= 11 is 5.52. The van der Waals surface area contributed by atoms with Gasteiger partial charge >= 0.3 is 0 Å². The van der Waals surface area contributed by atoms with Crippen LogP contribution in [0.4, 0.5) is 4.39 Å². The van der Waals surface area contributed by atoms with Gasteiger partial charge in [-0.15, -0.1) is 11.6 Å². The van der Waals surface area contributed by atoms with Crippen molar-refractivity contribution in [3.8, 4) is 17.6 Å². The molecular weight excluding hydrogens is 263 g/mol. The van der Waals surface area contributed by atoms with E-state index in [1.54, 1.807) is 12.1 Å². The molecule has 102 valence electrons. The van der Waals surface area contributed by atoms with Crippen LogP contribution in [0.15, 0.2) is 18.2 Å². The number of hydrogen-bond acceptors (Lipinski definition) is 1. The van der Waals surface area contributed by atoms with E-state index in [4.69, 9.17) is 16.3 Å². The molecule has 0 saturated heterocycles. The Morgan fingerprint density at radius 2 is 2.26 bits per heavy atom. The molecule has 1 aliphatic carbocycles. The van der Waals surface area contributed by atoms with Gasteiger partial charge in [-0.1, -0.05) is 25.2 Å². The molecule has 0 N–H and O–H groups in total. The van der Waals surface area contributed by atoms with Crippen molar-refractivity contribution in [2.24, 2.45) is 5.92 Å². The van der Waals surface area contributed by atoms with Gasteiger partial charge in [-0.2, -0.15) is 0 Å². The predicted octanol–water partition coefficient (Wildman–Crippen LogP) is 4.37. The van der Waals surface area contributed by atoms with Crippen molar-refractivity contribution in [2.75, 3.05) is 5.88 Å². The van der Waals surface area contributed by atoms with E-state index >= 15 is 0 Å². The van der Waals surface area contributed by atoms with Crippen molar-refractivity contribution >= 4 is 11.6 Å². The normalized spacial score (nSPS) is 22.5. The molecule has 0 spiro atoms. The van der Waals surface area contributed by atoms with Crippen LogP contribution in [0.5, 0.6) is 5.75 Å². The topological polar surface area (TPSA) is 9.23 Å². The van der Waals surface area contributed by atoms with Crippen LogP contribution in [-0.4, -0.2) is 12.0 Å². The smallest absolute Gasteiger partial charge is 0.165 e. The van der Waals surface area contributed by atoms with Crippen LogP contribution in [0, 0.1) is 23.6 Å². The first-order valence-electron chi connectivity index (χ1n) is 6.70. The van der Waals surface area contributed by atoms with Crippen LogP contribution in [0.3, 0.4) is 0 Å². The monoisotopic (exact) mass is 280 g/mol. The highest BCUT2D eigenvalue weighted by Crippen LogP contribution is 2.29. The number of ether oxygens (including phenoxy) is 1. The van der Waals surface area contributed by atoms with Crippen LogP contribution < -0.4 is 4.74 Å². The van der Waals surface area contributed by atoms with Gasteiger partial charge in [0.15, 0.2) is 11.6 Å². The van der Waals surface area contributed by atoms with E-state index in [-0.39, 0.29) is 17.8 Å². The number of benzene rings is 1. The summed E-state index contributed by atoms with van der Waals surface area (Å²) < 4.78 is 19.5. The minimum absolute atomic E-state index is 0.120. The zero-order chi connectivity index (χ0) is 13.7. The SMILES string of the molecule is CC1CCCC(Oc2cc(C#CCCl)ccc2F)C1. The van der Waals surface area contributed by atoms with Crippen molar-refractivity contribution in [1.29, 1.82) is 0 Å². The maximum Gasteiger partial charge on any atom is 0.165 e. The third-order valence-corrected chi connectivity index (χ3v) is 3.55. The summed E-state index contributed by atoms with van der Waals surface area (Å²) in [5.74, 6) is 6.55. The molecule has 3 heteroatoms. The van der Waals surface area contributed by atoms with Crippen LogP contribution in [0.25, 0.3) is 0 Å². The third kappa shape index (κ3) is 4.14. The van der Waals surface area contributed by atoms with Crippen molar-refractivity contribution in [3.05, 3.63) is 29.6 Å². The summed E-state index contributed by atoms with van der Waals surface area (Å²) in [4.78, 5) is 0. The Labute approximate surface area is 119 Å². The second kappa shape index (κ2) is 6.82. The van der Waals surface area contributed by atoms with E-state index in [0.29, 0.717) is 11.7 Å². The molecule has 1 aromatic rings. The first kappa shape index (κ1) is 14.2. The van der Waals surface area contributed by atoms with E-state index in [0.717, 1.165) is 24.8 Å². The predicted molar refractivity (Wildman–Crippen MR) is 76.0 cm³/mol. The molecule has 2 atom stereocenters. The Kier molecular flexibility index (Phi) is 5.10. The van der Waals surface area contributed by atoms with Gasteiger partial charge in [0.05, 0.1) is 12.0 Å². The Morgan fingerprint density at radius 3 is 3.00 bits per heavy atom. The highest BCUT2D eigenvalue weighted by Gasteiger charge is 2.21. The fourth-order valence-corrected chi connectivity index (χ4v) is 2.54. The lowest BCUT2D eigenvalue weighted by Crippen LogP contribution is -2.24. The first-order valence-corrected chi connectivity index (χ1v) is 7.23. The minimum atomic E-state index is -0.324. The lowest BCUT2D eigenvalue weighted by molar-refractivity contribution is 0.124. The standard InChI is InChI=1S/C16H18ClFO/c1-12-4-2-6-14(10-12)19-16-11-13(5-3-9-17)7-8-15(16)18/h7-8,11-12,14H,2,4,6,9-10H2,1H3. The van der Waals surface area contributed by atoms with E-state index in [1.807, 2.05) is 0 Å². The number of halogens is 2. The number of rotatable bonds is 2. The van der Waals surface area contributed by atoms with Crippen LogP contribution in [-0.2, 0) is 0 Å². The molecule has 2 unspecified atom stereocenters. The molecule has 1 saturated carbocycles. The summed E-state index contributed by atoms with van der Waals surface area (Å²) in [5, 5.41) is 0. The summed E-state index contributed by atoms with van der Waals surface area (Å²) in [6, 6.07) is 4.71. The fraction of sp³-hybridized carbons (Fsp3) is 0.500. The van der Waals surface area contributed by atoms with E-state index in [1.165, 1.54) is 12.5 Å². The Hall–Kier alpha value is -1.20. The molecule has 1 fully saturated rings. The Bertz CT molecular complexity index is 489. The highest BCUT2D eigenvalue weighted by atomic mass is 35.5. The summed E-state index contributed by atoms with van der Waals surface area (Å²) in [7, 11) is 0. The van der Waals surface area contributed by atoms with Gasteiger partial charge in [0.2, 0.25) is 0 Å². The van der Waals surface area contributed by atoms with Crippen LogP contribution in [0.1, 0.15) is 38.2 Å². The summed E-state index contributed by atoms with van der Waals surface area (Å²) in [5.41, 5.74) is 0.737. The zero-order valence-corrected chi connectivity index (χ0v) is 11.8. The molecule has 0 aromatic heterocycles. The Balaban J connectivity index is 2.10. The Morgan fingerprint density at radius 1 is 1.42 bits per heavy atom. The molecule has 2 rings (SSSR count). The molecule has 19 heavy (non-hydrogen) atoms. The minimum Gasteiger partial charge on any atom is -0.487 e. The van der Waals surface area contributed by atoms with Crippen molar-refractivity contribution in [3.63, 3.8) is 0 Å². The fourth-order valence-electron chi connectivity index (χ4n) is 2.47. The van der Waals surface area contributed by atoms with Gasteiger partial charge in [-0.3, -0.25) is 0 Å². The van der Waals surface area contributed by atoms with Gasteiger partial charge in [0.1, 0.15) is 0 Å². The molecule has 1 nitrogen and oxygen atoms in total. The second-order valence-corrected chi connectivity index (χ2v) is 5.36. The summed E-state index contributed by atoms with van der Waals surface area (Å²) in [6.07, 6.45) is 4.51. The van der Waals surface area contributed by atoms with E-state index < -0.39 is 0 Å². The lowest BCUT2D eigenvalue weighted by atomic mass is 9.89. The summed E-state index contributed by atoms with van der Waals surface area (Å²) in [6.45, 7) is 2.22. The van der Waals surface area contributed by atoms with Gasteiger partial charge in [0.25, 0.3) is 0 Å². The van der Waals surface area contributed by atoms with Gasteiger partial charge in [-0.05, 0) is 43.4 Å². The molecule has 0 aliphatic heterocycles. The van der Waals surface area contributed by atoms with Gasteiger partial charge in [-0.25, -0.2) is 4.39 Å². The highest BCUT2D eigenvalue weighted by molar-refractivity contribution is 6.19. The molecule has 1 aliphatic rings. The third-order valence-electron chi connectivity index (χ3n) is 3.41. The molecule has 0 bridgehead atoms. The van der Waals surface area contributed by atoms with Gasteiger partial charge in [0, 0.05) is 5.56 Å². The van der Waals surface area contributed by atoms with Crippen molar-refractivity contribution < 1.29 is 9.13 Å². The molecule has 1 aromatic carbocycles. The lowest BCUT2D eigenvalue weighted by Gasteiger charge is -2.27. The molecule has 0 heterocycles. The average molecular weight is 281 g/mol. The molecule has 0 amide bonds. The maximum atomic E-state index is 13.7. The molecule has 0 radical (unpaired) electrons. The number of hydrogen-bond donors (Lipinski definition) is 0.